The number of nitrogens with one attached hydrogen (secondary N) is 1. The first kappa shape index (κ1) is 19.7. The molecule has 2 aromatic rings. The maximum Gasteiger partial charge on any atom is 0.165 e. The summed E-state index contributed by atoms with van der Waals surface area (Å²) < 4.78 is 1.95. The number of hydrogen-bond acceptors (Lipinski definition) is 4. The summed E-state index contributed by atoms with van der Waals surface area (Å²) in [5.74, 6) is 0.874. The van der Waals surface area contributed by atoms with E-state index in [0.717, 1.165) is 17.0 Å². The first-order chi connectivity index (χ1) is 12.1. The fourth-order valence-electron chi connectivity index (χ4n) is 3.46. The minimum Gasteiger partial charge on any atom is -0.363 e. The number of nitrogens with zero attached hydrogens (tertiary/aromatic N) is 4. The number of aryl methyl sites for hydroxylation is 1. The molecule has 2 heterocycles. The third-order valence-electron chi connectivity index (χ3n) is 5.08. The van der Waals surface area contributed by atoms with E-state index < -0.39 is 0 Å². The van der Waals surface area contributed by atoms with Gasteiger partial charge in [-0.15, -0.1) is 0 Å². The Morgan fingerprint density at radius 2 is 1.56 bits per heavy atom. The van der Waals surface area contributed by atoms with Crippen molar-refractivity contribution >= 4 is 17.0 Å². The molecule has 2 aromatic heterocycles. The van der Waals surface area contributed by atoms with E-state index in [9.17, 15) is 0 Å². The predicted molar refractivity (Wildman–Crippen MR) is 106 cm³/mol. The lowest BCUT2D eigenvalue weighted by Crippen LogP contribution is -2.35. The molecule has 0 saturated heterocycles. The topological polar surface area (TPSA) is 55.6 Å². The molecule has 0 aromatic carbocycles. The average Bonchev–Trinajstić information content (AvgIpc) is 2.98. The Bertz CT molecular complexity index is 622. The number of aromatic nitrogens is 4. The Balaban J connectivity index is 2.09. The highest BCUT2D eigenvalue weighted by molar-refractivity contribution is 5.82. The van der Waals surface area contributed by atoms with E-state index in [-0.39, 0.29) is 5.54 Å². The van der Waals surface area contributed by atoms with Gasteiger partial charge in [0.25, 0.3) is 0 Å². The van der Waals surface area contributed by atoms with E-state index in [1.165, 1.54) is 64.2 Å². The molecule has 140 valence electrons. The van der Waals surface area contributed by atoms with Crippen LogP contribution in [0.5, 0.6) is 0 Å². The van der Waals surface area contributed by atoms with Crippen molar-refractivity contribution in [2.45, 2.75) is 90.5 Å². The molecule has 0 aliphatic heterocycles. The van der Waals surface area contributed by atoms with Gasteiger partial charge < -0.3 is 9.88 Å². The lowest BCUT2D eigenvalue weighted by atomic mass is 9.88. The molecule has 25 heavy (non-hydrogen) atoms. The molecule has 1 N–H and O–H groups in total. The standard InChI is InChI=1S/C20H35N5/c1-5-7-9-11-13-20(3,14-12-10-8-6-2)24-18-17-19(22-15-21-18)25(4)16-23-17/h15-16H,5-14H2,1-4H3,(H,21,22,24). The molecule has 5 heteroatoms. The predicted octanol–water partition coefficient (Wildman–Crippen LogP) is 5.47. The van der Waals surface area contributed by atoms with Crippen molar-refractivity contribution < 1.29 is 0 Å². The molecule has 0 fully saturated rings. The molecule has 5 nitrogen and oxygen atoms in total. The van der Waals surface area contributed by atoms with E-state index >= 15 is 0 Å². The zero-order valence-electron chi connectivity index (χ0n) is 16.5. The van der Waals surface area contributed by atoms with Gasteiger partial charge in [0.15, 0.2) is 11.5 Å². The van der Waals surface area contributed by atoms with Gasteiger partial charge in [0.1, 0.15) is 11.8 Å². The summed E-state index contributed by atoms with van der Waals surface area (Å²) in [4.78, 5) is 13.3. The highest BCUT2D eigenvalue weighted by Gasteiger charge is 2.25. The largest absolute Gasteiger partial charge is 0.363 e. The minimum absolute atomic E-state index is 0.0697. The maximum atomic E-state index is 4.50. The zero-order chi connectivity index (χ0) is 18.1. The van der Waals surface area contributed by atoms with Crippen LogP contribution < -0.4 is 5.32 Å². The second-order valence-corrected chi connectivity index (χ2v) is 7.56. The van der Waals surface area contributed by atoms with Crippen LogP contribution in [0.15, 0.2) is 12.7 Å². The molecule has 0 radical (unpaired) electrons. The number of imidazole rings is 1. The summed E-state index contributed by atoms with van der Waals surface area (Å²) in [6.07, 6.45) is 16.2. The van der Waals surface area contributed by atoms with Gasteiger partial charge in [0, 0.05) is 12.6 Å². The highest BCUT2D eigenvalue weighted by Crippen LogP contribution is 2.28. The molecular weight excluding hydrogens is 310 g/mol. The number of hydrogen-bond donors (Lipinski definition) is 1. The van der Waals surface area contributed by atoms with Crippen LogP contribution >= 0.6 is 0 Å². The summed E-state index contributed by atoms with van der Waals surface area (Å²) >= 11 is 0. The molecule has 0 aliphatic carbocycles. The van der Waals surface area contributed by atoms with Crippen molar-refractivity contribution in [3.8, 4) is 0 Å². The molecule has 0 spiro atoms. The van der Waals surface area contributed by atoms with E-state index in [0.29, 0.717) is 0 Å². The summed E-state index contributed by atoms with van der Waals surface area (Å²) in [6.45, 7) is 6.88. The second kappa shape index (κ2) is 9.73. The second-order valence-electron chi connectivity index (χ2n) is 7.56. The first-order valence-electron chi connectivity index (χ1n) is 10.00. The van der Waals surface area contributed by atoms with Gasteiger partial charge in [-0.05, 0) is 19.8 Å². The van der Waals surface area contributed by atoms with Crippen molar-refractivity contribution in [1.82, 2.24) is 19.5 Å². The van der Waals surface area contributed by atoms with Crippen LogP contribution in [-0.2, 0) is 7.05 Å². The van der Waals surface area contributed by atoms with Crippen molar-refractivity contribution in [2.75, 3.05) is 5.32 Å². The molecule has 2 rings (SSSR count). The summed E-state index contributed by atoms with van der Waals surface area (Å²) in [5.41, 5.74) is 1.83. The number of unbranched alkanes of at least 4 members (excludes halogenated alkanes) is 6. The number of rotatable bonds is 12. The molecule has 0 bridgehead atoms. The fourth-order valence-corrected chi connectivity index (χ4v) is 3.46. The lowest BCUT2D eigenvalue weighted by Gasteiger charge is -2.32. The summed E-state index contributed by atoms with van der Waals surface area (Å²) in [7, 11) is 1.97. The van der Waals surface area contributed by atoms with Crippen molar-refractivity contribution in [3.63, 3.8) is 0 Å². The van der Waals surface area contributed by atoms with Crippen LogP contribution in [0.3, 0.4) is 0 Å². The Morgan fingerprint density at radius 3 is 2.16 bits per heavy atom. The van der Waals surface area contributed by atoms with Crippen LogP contribution in [0.1, 0.15) is 85.0 Å². The first-order valence-corrected chi connectivity index (χ1v) is 10.00. The van der Waals surface area contributed by atoms with Gasteiger partial charge in [-0.3, -0.25) is 0 Å². The molecule has 0 unspecified atom stereocenters. The third-order valence-corrected chi connectivity index (χ3v) is 5.08. The summed E-state index contributed by atoms with van der Waals surface area (Å²) in [5, 5.41) is 3.74. The minimum atomic E-state index is 0.0697. The van der Waals surface area contributed by atoms with Crippen LogP contribution in [0.2, 0.25) is 0 Å². The SMILES string of the molecule is CCCCCCC(C)(CCCCCC)Nc1ncnc2c1ncn2C. The monoisotopic (exact) mass is 345 g/mol. The van der Waals surface area contributed by atoms with E-state index in [4.69, 9.17) is 0 Å². The molecular formula is C20H35N5. The Morgan fingerprint density at radius 1 is 0.920 bits per heavy atom. The number of fused-ring (bicyclic) bond motifs is 1. The Hall–Kier alpha value is -1.65. The molecule has 0 aliphatic rings. The fraction of sp³-hybridized carbons (Fsp3) is 0.750. The van der Waals surface area contributed by atoms with Crippen LogP contribution in [0, 0.1) is 0 Å². The third kappa shape index (κ3) is 5.68. The smallest absolute Gasteiger partial charge is 0.165 e. The van der Waals surface area contributed by atoms with Crippen LogP contribution in [0.25, 0.3) is 11.2 Å². The van der Waals surface area contributed by atoms with E-state index in [1.54, 1.807) is 6.33 Å². The Labute approximate surface area is 152 Å². The quantitative estimate of drug-likeness (QED) is 0.518. The highest BCUT2D eigenvalue weighted by atomic mass is 15.1. The van der Waals surface area contributed by atoms with Crippen LogP contribution in [-0.4, -0.2) is 25.1 Å². The average molecular weight is 346 g/mol. The molecule has 0 atom stereocenters. The lowest BCUT2D eigenvalue weighted by molar-refractivity contribution is 0.395. The number of anilines is 1. The van der Waals surface area contributed by atoms with Gasteiger partial charge in [0.2, 0.25) is 0 Å². The molecule has 0 amide bonds. The Kier molecular flexibility index (Phi) is 7.66. The normalized spacial score (nSPS) is 12.0. The molecule has 0 saturated carbocycles. The maximum absolute atomic E-state index is 4.50. The van der Waals surface area contributed by atoms with Crippen LogP contribution in [0.4, 0.5) is 5.82 Å². The van der Waals surface area contributed by atoms with Gasteiger partial charge in [-0.2, -0.15) is 0 Å². The van der Waals surface area contributed by atoms with Gasteiger partial charge in [-0.25, -0.2) is 15.0 Å². The van der Waals surface area contributed by atoms with Gasteiger partial charge in [-0.1, -0.05) is 65.2 Å². The van der Waals surface area contributed by atoms with Crippen molar-refractivity contribution in [1.29, 1.82) is 0 Å². The van der Waals surface area contributed by atoms with E-state index in [1.807, 2.05) is 17.9 Å². The summed E-state index contributed by atoms with van der Waals surface area (Å²) in [6, 6.07) is 0. The van der Waals surface area contributed by atoms with Gasteiger partial charge in [0.05, 0.1) is 6.33 Å². The zero-order valence-corrected chi connectivity index (χ0v) is 16.5. The van der Waals surface area contributed by atoms with Gasteiger partial charge >= 0.3 is 0 Å². The van der Waals surface area contributed by atoms with Crippen molar-refractivity contribution in [3.05, 3.63) is 12.7 Å². The van der Waals surface area contributed by atoms with E-state index in [2.05, 4.69) is 41.0 Å². The van der Waals surface area contributed by atoms with Crippen molar-refractivity contribution in [2.24, 2.45) is 7.05 Å².